The Morgan fingerprint density at radius 3 is 2.62 bits per heavy atom. The van der Waals surface area contributed by atoms with Crippen molar-refractivity contribution in [1.29, 1.82) is 0 Å². The third-order valence-corrected chi connectivity index (χ3v) is 5.79. The van der Waals surface area contributed by atoms with E-state index in [1.807, 2.05) is 0 Å². The van der Waals surface area contributed by atoms with Gasteiger partial charge >= 0.3 is 5.76 Å². The molecule has 0 fully saturated rings. The Labute approximate surface area is 146 Å². The van der Waals surface area contributed by atoms with Crippen LogP contribution in [0.5, 0.6) is 0 Å². The number of nitrogens with zero attached hydrogens (tertiary/aromatic N) is 1. The second-order valence-electron chi connectivity index (χ2n) is 5.89. The molecule has 2 aromatic heterocycles. The van der Waals surface area contributed by atoms with Crippen LogP contribution in [0, 0.1) is 6.92 Å². The topological polar surface area (TPSA) is 128 Å². The van der Waals surface area contributed by atoms with Gasteiger partial charge < -0.3 is 10.2 Å². The van der Waals surface area contributed by atoms with E-state index < -0.39 is 21.3 Å². The van der Waals surface area contributed by atoms with Crippen LogP contribution in [0.2, 0.25) is 0 Å². The van der Waals surface area contributed by atoms with Crippen molar-refractivity contribution in [2.45, 2.75) is 11.8 Å². The van der Waals surface area contributed by atoms with E-state index in [0.717, 1.165) is 3.97 Å². The molecule has 0 saturated carbocycles. The maximum atomic E-state index is 13.2. The zero-order valence-electron chi connectivity index (χ0n) is 13.5. The average molecular weight is 371 g/mol. The van der Waals surface area contributed by atoms with Crippen LogP contribution in [0.25, 0.3) is 22.0 Å². The SMILES string of the molecule is Cc1cc2ccc(N)cc2n(S(=O)(=O)c2ccc3[nH]c(=O)oc3c2)c1=O. The summed E-state index contributed by atoms with van der Waals surface area (Å²) in [4.78, 5) is 26.2. The number of aromatic nitrogens is 2. The van der Waals surface area contributed by atoms with Crippen LogP contribution in [-0.4, -0.2) is 17.4 Å². The number of nitrogens with two attached hydrogens (primary N) is 1. The van der Waals surface area contributed by atoms with Gasteiger partial charge in [0.15, 0.2) is 5.58 Å². The molecule has 4 aromatic rings. The first kappa shape index (κ1) is 16.2. The molecule has 9 heteroatoms. The molecule has 8 nitrogen and oxygen atoms in total. The number of rotatable bonds is 2. The first-order chi connectivity index (χ1) is 12.3. The highest BCUT2D eigenvalue weighted by atomic mass is 32.2. The van der Waals surface area contributed by atoms with Gasteiger partial charge in [0.1, 0.15) is 0 Å². The van der Waals surface area contributed by atoms with Gasteiger partial charge in [0.05, 0.1) is 15.9 Å². The first-order valence-electron chi connectivity index (χ1n) is 7.58. The number of nitrogen functional groups attached to an aromatic ring is 1. The Hall–Kier alpha value is -3.33. The van der Waals surface area contributed by atoms with E-state index in [-0.39, 0.29) is 21.6 Å². The fraction of sp³-hybridized carbons (Fsp3) is 0.0588. The van der Waals surface area contributed by atoms with E-state index in [2.05, 4.69) is 4.98 Å². The molecule has 0 saturated heterocycles. The molecule has 4 rings (SSSR count). The number of oxazole rings is 1. The van der Waals surface area contributed by atoms with Gasteiger partial charge in [-0.1, -0.05) is 6.07 Å². The number of fused-ring (bicyclic) bond motifs is 2. The highest BCUT2D eigenvalue weighted by Crippen LogP contribution is 2.23. The van der Waals surface area contributed by atoms with Crippen molar-refractivity contribution in [3.8, 4) is 0 Å². The Balaban J connectivity index is 2.09. The molecular formula is C17H13N3O5S. The van der Waals surface area contributed by atoms with Gasteiger partial charge in [-0.3, -0.25) is 9.78 Å². The van der Waals surface area contributed by atoms with Gasteiger partial charge in [0.2, 0.25) is 0 Å². The molecule has 0 atom stereocenters. The van der Waals surface area contributed by atoms with Crippen LogP contribution in [-0.2, 0) is 10.0 Å². The van der Waals surface area contributed by atoms with Crippen molar-refractivity contribution < 1.29 is 12.8 Å². The number of aromatic amines is 1. The highest BCUT2D eigenvalue weighted by molar-refractivity contribution is 7.90. The molecule has 2 aromatic carbocycles. The predicted octanol–water partition coefficient (Wildman–Crippen LogP) is 1.56. The van der Waals surface area contributed by atoms with Gasteiger partial charge in [-0.25, -0.2) is 13.2 Å². The molecular weight excluding hydrogens is 358 g/mol. The lowest BCUT2D eigenvalue weighted by atomic mass is 10.1. The zero-order valence-corrected chi connectivity index (χ0v) is 14.3. The second-order valence-corrected chi connectivity index (χ2v) is 7.68. The number of aryl methyl sites for hydroxylation is 1. The van der Waals surface area contributed by atoms with Crippen molar-refractivity contribution in [3.63, 3.8) is 0 Å². The van der Waals surface area contributed by atoms with E-state index in [4.69, 9.17) is 10.2 Å². The van der Waals surface area contributed by atoms with Crippen LogP contribution in [0.4, 0.5) is 5.69 Å². The first-order valence-corrected chi connectivity index (χ1v) is 9.02. The van der Waals surface area contributed by atoms with E-state index in [9.17, 15) is 18.0 Å². The number of hydrogen-bond acceptors (Lipinski definition) is 6. The van der Waals surface area contributed by atoms with Crippen LogP contribution in [0.3, 0.4) is 0 Å². The normalized spacial score (nSPS) is 12.0. The molecule has 0 radical (unpaired) electrons. The molecule has 0 amide bonds. The molecule has 0 bridgehead atoms. The number of hydrogen-bond donors (Lipinski definition) is 2. The smallest absolute Gasteiger partial charge is 0.408 e. The average Bonchev–Trinajstić information content (AvgIpc) is 2.95. The lowest BCUT2D eigenvalue weighted by Crippen LogP contribution is -2.29. The third kappa shape index (κ3) is 2.32. The Kier molecular flexibility index (Phi) is 3.31. The van der Waals surface area contributed by atoms with Gasteiger partial charge in [0.25, 0.3) is 15.6 Å². The van der Waals surface area contributed by atoms with Crippen molar-refractivity contribution in [1.82, 2.24) is 8.96 Å². The summed E-state index contributed by atoms with van der Waals surface area (Å²) in [5, 5.41) is 0.564. The van der Waals surface area contributed by atoms with Gasteiger partial charge in [-0.15, -0.1) is 0 Å². The second kappa shape index (κ2) is 5.33. The summed E-state index contributed by atoms with van der Waals surface area (Å²) in [5.74, 6) is -0.694. The fourth-order valence-corrected chi connectivity index (χ4v) is 4.34. The summed E-state index contributed by atoms with van der Waals surface area (Å²) >= 11 is 0. The van der Waals surface area contributed by atoms with Gasteiger partial charge in [-0.05, 0) is 42.6 Å². The highest BCUT2D eigenvalue weighted by Gasteiger charge is 2.23. The summed E-state index contributed by atoms with van der Waals surface area (Å²) in [6.07, 6.45) is 0. The largest absolute Gasteiger partial charge is 0.417 e. The molecule has 0 aliphatic carbocycles. The van der Waals surface area contributed by atoms with Gasteiger partial charge in [0, 0.05) is 17.3 Å². The molecule has 0 spiro atoms. The molecule has 0 aliphatic heterocycles. The molecule has 0 aliphatic rings. The summed E-state index contributed by atoms with van der Waals surface area (Å²) in [5.41, 5.74) is 6.34. The van der Waals surface area contributed by atoms with Crippen molar-refractivity contribution >= 4 is 37.7 Å². The Morgan fingerprint density at radius 1 is 1.08 bits per heavy atom. The number of pyridine rings is 1. The quantitative estimate of drug-likeness (QED) is 0.515. The zero-order chi connectivity index (χ0) is 18.6. The maximum Gasteiger partial charge on any atom is 0.417 e. The van der Waals surface area contributed by atoms with E-state index in [1.54, 1.807) is 25.1 Å². The predicted molar refractivity (Wildman–Crippen MR) is 96.8 cm³/mol. The summed E-state index contributed by atoms with van der Waals surface area (Å²) in [7, 11) is -4.25. The minimum absolute atomic E-state index is 0.0839. The van der Waals surface area contributed by atoms with Crippen molar-refractivity contribution in [3.05, 3.63) is 68.9 Å². The van der Waals surface area contributed by atoms with Crippen LogP contribution < -0.4 is 17.0 Å². The molecule has 26 heavy (non-hydrogen) atoms. The molecule has 0 unspecified atom stereocenters. The van der Waals surface area contributed by atoms with E-state index in [1.165, 1.54) is 24.3 Å². The minimum Gasteiger partial charge on any atom is -0.408 e. The summed E-state index contributed by atoms with van der Waals surface area (Å²) in [6, 6.07) is 10.2. The Morgan fingerprint density at radius 2 is 1.85 bits per heavy atom. The van der Waals surface area contributed by atoms with E-state index >= 15 is 0 Å². The fourth-order valence-electron chi connectivity index (χ4n) is 2.85. The van der Waals surface area contributed by atoms with Crippen molar-refractivity contribution in [2.75, 3.05) is 5.73 Å². The van der Waals surface area contributed by atoms with Crippen LogP contribution in [0.1, 0.15) is 5.56 Å². The summed E-state index contributed by atoms with van der Waals surface area (Å²) < 4.78 is 32.0. The van der Waals surface area contributed by atoms with E-state index in [0.29, 0.717) is 16.6 Å². The monoisotopic (exact) mass is 371 g/mol. The maximum absolute atomic E-state index is 13.2. The number of nitrogens with one attached hydrogen (secondary N) is 1. The molecule has 2 heterocycles. The van der Waals surface area contributed by atoms with Crippen LogP contribution in [0.15, 0.2) is 61.4 Å². The Bertz CT molecular complexity index is 1410. The number of H-pyrrole nitrogens is 1. The lowest BCUT2D eigenvalue weighted by molar-refractivity contribution is 0.553. The number of anilines is 1. The minimum atomic E-state index is -4.25. The van der Waals surface area contributed by atoms with Crippen LogP contribution >= 0.6 is 0 Å². The molecule has 3 N–H and O–H groups in total. The lowest BCUT2D eigenvalue weighted by Gasteiger charge is -2.13. The molecule has 132 valence electrons. The standard InChI is InChI=1S/C17H13N3O5S/c1-9-6-10-2-3-11(18)7-14(10)20(16(9)21)26(23,24)12-4-5-13-15(8-12)25-17(22)19-13/h2-8H,18H2,1H3,(H,19,22). The number of benzene rings is 2. The van der Waals surface area contributed by atoms with Gasteiger partial charge in [-0.2, -0.15) is 3.97 Å². The van der Waals surface area contributed by atoms with Crippen molar-refractivity contribution in [2.24, 2.45) is 0 Å². The summed E-state index contributed by atoms with van der Waals surface area (Å²) in [6.45, 7) is 1.54. The third-order valence-electron chi connectivity index (χ3n) is 4.10.